The number of rotatable bonds is 9. The van der Waals surface area contributed by atoms with E-state index in [0.717, 1.165) is 25.7 Å². The largest absolute Gasteiger partial charge is 0.487 e. The van der Waals surface area contributed by atoms with E-state index in [2.05, 4.69) is 6.92 Å². The van der Waals surface area contributed by atoms with Gasteiger partial charge in [-0.2, -0.15) is 4.39 Å². The molecule has 5 atom stereocenters. The summed E-state index contributed by atoms with van der Waals surface area (Å²) in [7, 11) is 0. The molecule has 2 fully saturated rings. The first-order valence-corrected chi connectivity index (χ1v) is 13.2. The first-order valence-electron chi connectivity index (χ1n) is 13.2. The van der Waals surface area contributed by atoms with Crippen molar-refractivity contribution in [2.45, 2.75) is 89.0 Å². The van der Waals surface area contributed by atoms with Crippen molar-refractivity contribution in [3.63, 3.8) is 0 Å². The van der Waals surface area contributed by atoms with Crippen LogP contribution in [0.15, 0.2) is 24.3 Å². The first kappa shape index (κ1) is 27.8. The van der Waals surface area contributed by atoms with E-state index in [1.165, 1.54) is 24.3 Å². The van der Waals surface area contributed by atoms with Gasteiger partial charge in [-0.3, -0.25) is 0 Å². The highest BCUT2D eigenvalue weighted by Crippen LogP contribution is 2.35. The molecule has 4 rings (SSSR count). The predicted octanol–water partition coefficient (Wildman–Crippen LogP) is 7.55. The minimum atomic E-state index is -1.75. The van der Waals surface area contributed by atoms with E-state index in [1.54, 1.807) is 0 Å². The molecule has 0 saturated carbocycles. The highest BCUT2D eigenvalue weighted by Gasteiger charge is 2.28. The van der Waals surface area contributed by atoms with E-state index in [1.807, 2.05) is 6.92 Å². The quantitative estimate of drug-likeness (QED) is 0.316. The van der Waals surface area contributed by atoms with E-state index >= 15 is 0 Å². The van der Waals surface area contributed by atoms with Gasteiger partial charge in [-0.05, 0) is 61.8 Å². The molecular formula is C29H35F5O3. The molecule has 2 aromatic carbocycles. The number of hydrogen-bond donors (Lipinski definition) is 0. The lowest BCUT2D eigenvalue weighted by Crippen LogP contribution is -2.25. The molecule has 8 heteroatoms. The Balaban J connectivity index is 1.34. The maximum Gasteiger partial charge on any atom is 0.200 e. The molecule has 0 aliphatic carbocycles. The molecule has 3 nitrogen and oxygen atoms in total. The van der Waals surface area contributed by atoms with Crippen molar-refractivity contribution in [1.82, 2.24) is 0 Å². The number of benzene rings is 2. The Hall–Kier alpha value is -2.19. The lowest BCUT2D eigenvalue weighted by atomic mass is 9.90. The molecule has 0 spiro atoms. The van der Waals surface area contributed by atoms with Gasteiger partial charge in [0, 0.05) is 18.3 Å². The Morgan fingerprint density at radius 1 is 0.838 bits per heavy atom. The van der Waals surface area contributed by atoms with E-state index < -0.39 is 48.2 Å². The second-order valence-corrected chi connectivity index (χ2v) is 10.3. The van der Waals surface area contributed by atoms with Crippen molar-refractivity contribution in [2.75, 3.05) is 19.8 Å². The molecule has 0 bridgehead atoms. The SMILES string of the molecule is CCCC1CCC(c2ccc(OCC(F)Cc3ccc(C4CCC(C)OC4)c(F)c3F)c(F)c2F)CO1. The van der Waals surface area contributed by atoms with Crippen LogP contribution < -0.4 is 4.74 Å². The van der Waals surface area contributed by atoms with E-state index in [0.29, 0.717) is 26.1 Å². The van der Waals surface area contributed by atoms with Crippen LogP contribution in [0.2, 0.25) is 0 Å². The molecule has 0 amide bonds. The summed E-state index contributed by atoms with van der Waals surface area (Å²) < 4.78 is 90.0. The highest BCUT2D eigenvalue weighted by molar-refractivity contribution is 5.34. The van der Waals surface area contributed by atoms with Gasteiger partial charge in [0.2, 0.25) is 5.82 Å². The molecule has 37 heavy (non-hydrogen) atoms. The van der Waals surface area contributed by atoms with Gasteiger partial charge in [0.25, 0.3) is 0 Å². The number of ether oxygens (including phenoxy) is 3. The molecule has 2 heterocycles. The Morgan fingerprint density at radius 3 is 2.11 bits per heavy atom. The van der Waals surface area contributed by atoms with Crippen molar-refractivity contribution in [2.24, 2.45) is 0 Å². The molecule has 2 aliphatic rings. The summed E-state index contributed by atoms with van der Waals surface area (Å²) in [6, 6.07) is 5.56. The lowest BCUT2D eigenvalue weighted by Gasteiger charge is -2.29. The van der Waals surface area contributed by atoms with Crippen LogP contribution in [0, 0.1) is 23.3 Å². The lowest BCUT2D eigenvalue weighted by molar-refractivity contribution is -0.00185. The van der Waals surface area contributed by atoms with Crippen LogP contribution >= 0.6 is 0 Å². The van der Waals surface area contributed by atoms with E-state index in [4.69, 9.17) is 14.2 Å². The van der Waals surface area contributed by atoms with Crippen molar-refractivity contribution in [3.05, 3.63) is 64.2 Å². The summed E-state index contributed by atoms with van der Waals surface area (Å²) in [6.07, 6.45) is 2.90. The average Bonchev–Trinajstić information content (AvgIpc) is 2.89. The zero-order chi connectivity index (χ0) is 26.5. The molecule has 2 aliphatic heterocycles. The topological polar surface area (TPSA) is 27.7 Å². The van der Waals surface area contributed by atoms with Gasteiger partial charge in [-0.25, -0.2) is 17.6 Å². The zero-order valence-corrected chi connectivity index (χ0v) is 21.4. The fourth-order valence-electron chi connectivity index (χ4n) is 5.26. The summed E-state index contributed by atoms with van der Waals surface area (Å²) in [6.45, 7) is 4.01. The smallest absolute Gasteiger partial charge is 0.200 e. The number of halogens is 5. The molecule has 204 valence electrons. The van der Waals surface area contributed by atoms with Crippen LogP contribution in [-0.2, 0) is 15.9 Å². The summed E-state index contributed by atoms with van der Waals surface area (Å²) in [5.41, 5.74) is 0.303. The Kier molecular flexibility index (Phi) is 9.46. The average molecular weight is 527 g/mol. The monoisotopic (exact) mass is 526 g/mol. The van der Waals surface area contributed by atoms with Gasteiger partial charge in [-0.1, -0.05) is 31.5 Å². The molecule has 0 aromatic heterocycles. The Morgan fingerprint density at radius 2 is 1.49 bits per heavy atom. The van der Waals surface area contributed by atoms with Crippen molar-refractivity contribution in [1.29, 1.82) is 0 Å². The number of hydrogen-bond acceptors (Lipinski definition) is 3. The van der Waals surface area contributed by atoms with Crippen molar-refractivity contribution in [3.8, 4) is 5.75 Å². The molecular weight excluding hydrogens is 491 g/mol. The van der Waals surface area contributed by atoms with Crippen LogP contribution in [0.1, 0.15) is 80.9 Å². The van der Waals surface area contributed by atoms with Crippen LogP contribution in [0.4, 0.5) is 22.0 Å². The second kappa shape index (κ2) is 12.6. The van der Waals surface area contributed by atoms with Crippen molar-refractivity contribution < 1.29 is 36.2 Å². The molecule has 2 saturated heterocycles. The van der Waals surface area contributed by atoms with Gasteiger partial charge >= 0.3 is 0 Å². The van der Waals surface area contributed by atoms with E-state index in [-0.39, 0.29) is 40.7 Å². The van der Waals surface area contributed by atoms with Crippen LogP contribution in [0.5, 0.6) is 5.75 Å². The summed E-state index contributed by atoms with van der Waals surface area (Å²) in [5, 5.41) is 0. The molecule has 2 aromatic rings. The van der Waals surface area contributed by atoms with Crippen LogP contribution in [0.3, 0.4) is 0 Å². The van der Waals surface area contributed by atoms with Gasteiger partial charge in [0.15, 0.2) is 23.2 Å². The first-order chi connectivity index (χ1) is 17.8. The Bertz CT molecular complexity index is 1050. The zero-order valence-electron chi connectivity index (χ0n) is 21.4. The standard InChI is InChI=1S/C29H35F5O3/c1-3-4-22-9-7-20(15-36-22)24-11-12-25(29(34)28(24)33)37-16-21(30)13-18-8-10-23(27(32)26(18)31)19-6-5-17(2)35-14-19/h8,10-12,17,19-22H,3-7,9,13-16H2,1-2H3. The van der Waals surface area contributed by atoms with E-state index in [9.17, 15) is 22.0 Å². The van der Waals surface area contributed by atoms with Crippen LogP contribution in [0.25, 0.3) is 0 Å². The summed E-state index contributed by atoms with van der Waals surface area (Å²) >= 11 is 0. The highest BCUT2D eigenvalue weighted by atomic mass is 19.2. The minimum absolute atomic E-state index is 0.0878. The Labute approximate surface area is 215 Å². The normalized spacial score (nSPS) is 25.2. The van der Waals surface area contributed by atoms with Gasteiger partial charge in [0.1, 0.15) is 12.8 Å². The van der Waals surface area contributed by atoms with Crippen molar-refractivity contribution >= 4 is 0 Å². The third kappa shape index (κ3) is 6.63. The second-order valence-electron chi connectivity index (χ2n) is 10.3. The van der Waals surface area contributed by atoms with Gasteiger partial charge < -0.3 is 14.2 Å². The molecule has 0 N–H and O–H groups in total. The number of alkyl halides is 1. The third-order valence-corrected chi connectivity index (χ3v) is 7.49. The predicted molar refractivity (Wildman–Crippen MR) is 131 cm³/mol. The molecule has 0 radical (unpaired) electrons. The van der Waals surface area contributed by atoms with Gasteiger partial charge in [-0.15, -0.1) is 0 Å². The fraction of sp³-hybridized carbons (Fsp3) is 0.586. The maximum absolute atomic E-state index is 14.8. The summed E-state index contributed by atoms with van der Waals surface area (Å²) in [5.74, 6) is -5.23. The summed E-state index contributed by atoms with van der Waals surface area (Å²) in [4.78, 5) is 0. The maximum atomic E-state index is 14.8. The molecule has 5 unspecified atom stereocenters. The van der Waals surface area contributed by atoms with Gasteiger partial charge in [0.05, 0.1) is 25.4 Å². The fourth-order valence-corrected chi connectivity index (χ4v) is 5.26. The minimum Gasteiger partial charge on any atom is -0.487 e. The third-order valence-electron chi connectivity index (χ3n) is 7.49. The van der Waals surface area contributed by atoms with Crippen LogP contribution in [-0.4, -0.2) is 38.2 Å².